The number of nitrogens with one attached hydrogen (secondary N) is 1. The first-order valence-electron chi connectivity index (χ1n) is 5.30. The van der Waals surface area contributed by atoms with Crippen LogP contribution in [0.4, 0.5) is 0 Å². The molecule has 0 radical (unpaired) electrons. The lowest BCUT2D eigenvalue weighted by Gasteiger charge is -2.43. The van der Waals surface area contributed by atoms with Crippen LogP contribution in [-0.4, -0.2) is 23.0 Å². The predicted molar refractivity (Wildman–Crippen MR) is 56.4 cm³/mol. The number of rotatable bonds is 4. The van der Waals surface area contributed by atoms with Crippen LogP contribution in [0, 0.1) is 11.3 Å². The maximum Gasteiger partial charge on any atom is 0.326 e. The molecule has 1 saturated carbocycles. The molecule has 0 spiro atoms. The van der Waals surface area contributed by atoms with Crippen molar-refractivity contribution in [3.63, 3.8) is 0 Å². The van der Waals surface area contributed by atoms with Gasteiger partial charge in [0.05, 0.1) is 0 Å². The normalized spacial score (nSPS) is 21.5. The molecule has 4 heteroatoms. The van der Waals surface area contributed by atoms with Crippen LogP contribution in [0.25, 0.3) is 0 Å². The Morgan fingerprint density at radius 2 is 2.00 bits per heavy atom. The zero-order valence-corrected chi connectivity index (χ0v) is 9.54. The van der Waals surface area contributed by atoms with Crippen LogP contribution in [0.5, 0.6) is 0 Å². The van der Waals surface area contributed by atoms with Crippen LogP contribution < -0.4 is 5.32 Å². The zero-order valence-electron chi connectivity index (χ0n) is 9.54. The standard InChI is InChI=1S/C11H19NO3/c1-7(13)12-9(10(14)15)4-8-5-11(2,3)6-8/h8-9H,4-6H2,1-3H3,(H,12,13)(H,14,15)/t9-/m1/s1. The van der Waals surface area contributed by atoms with Crippen LogP contribution in [0.2, 0.25) is 0 Å². The summed E-state index contributed by atoms with van der Waals surface area (Å²) in [5, 5.41) is 11.4. The lowest BCUT2D eigenvalue weighted by molar-refractivity contribution is -0.142. The third kappa shape index (κ3) is 3.53. The van der Waals surface area contributed by atoms with Crippen molar-refractivity contribution in [1.29, 1.82) is 0 Å². The van der Waals surface area contributed by atoms with E-state index in [0.29, 0.717) is 17.8 Å². The van der Waals surface area contributed by atoms with Gasteiger partial charge in [-0.3, -0.25) is 4.79 Å². The van der Waals surface area contributed by atoms with Crippen LogP contribution in [0.15, 0.2) is 0 Å². The molecule has 0 aromatic heterocycles. The second-order valence-corrected chi connectivity index (χ2v) is 5.27. The highest BCUT2D eigenvalue weighted by Gasteiger charge is 2.38. The van der Waals surface area contributed by atoms with Crippen molar-refractivity contribution in [3.05, 3.63) is 0 Å². The van der Waals surface area contributed by atoms with Gasteiger partial charge in [0.2, 0.25) is 5.91 Å². The van der Waals surface area contributed by atoms with Gasteiger partial charge in [0.25, 0.3) is 0 Å². The Balaban J connectivity index is 2.40. The Labute approximate surface area is 90.0 Å². The van der Waals surface area contributed by atoms with Gasteiger partial charge in [0.15, 0.2) is 0 Å². The van der Waals surface area contributed by atoms with Crippen molar-refractivity contribution in [1.82, 2.24) is 5.32 Å². The fourth-order valence-corrected chi connectivity index (χ4v) is 2.47. The van der Waals surface area contributed by atoms with E-state index in [1.165, 1.54) is 6.92 Å². The van der Waals surface area contributed by atoms with E-state index in [1.54, 1.807) is 0 Å². The fourth-order valence-electron chi connectivity index (χ4n) is 2.47. The van der Waals surface area contributed by atoms with Gasteiger partial charge in [0.1, 0.15) is 6.04 Å². The topological polar surface area (TPSA) is 66.4 Å². The molecular formula is C11H19NO3. The van der Waals surface area contributed by atoms with Crippen molar-refractivity contribution in [2.24, 2.45) is 11.3 Å². The first-order chi connectivity index (χ1) is 6.80. The molecule has 86 valence electrons. The maximum absolute atomic E-state index is 10.9. The van der Waals surface area contributed by atoms with Gasteiger partial charge in [0, 0.05) is 6.92 Å². The SMILES string of the molecule is CC(=O)N[C@H](CC1CC(C)(C)C1)C(=O)O. The molecule has 0 aromatic carbocycles. The van der Waals surface area contributed by atoms with Gasteiger partial charge < -0.3 is 10.4 Å². The van der Waals surface area contributed by atoms with Crippen molar-refractivity contribution < 1.29 is 14.7 Å². The summed E-state index contributed by atoms with van der Waals surface area (Å²) < 4.78 is 0. The summed E-state index contributed by atoms with van der Waals surface area (Å²) >= 11 is 0. The Morgan fingerprint density at radius 1 is 1.47 bits per heavy atom. The van der Waals surface area contributed by atoms with Crippen LogP contribution in [0.3, 0.4) is 0 Å². The quantitative estimate of drug-likeness (QED) is 0.741. The summed E-state index contributed by atoms with van der Waals surface area (Å²) in [6.07, 6.45) is 2.66. The van der Waals surface area contributed by atoms with Crippen LogP contribution in [-0.2, 0) is 9.59 Å². The molecular weight excluding hydrogens is 194 g/mol. The van der Waals surface area contributed by atoms with E-state index in [-0.39, 0.29) is 5.91 Å². The Hall–Kier alpha value is -1.06. The first kappa shape index (κ1) is 12.0. The largest absolute Gasteiger partial charge is 0.480 e. The molecule has 1 atom stereocenters. The number of hydrogen-bond donors (Lipinski definition) is 2. The predicted octanol–water partition coefficient (Wildman–Crippen LogP) is 1.40. The molecule has 0 saturated heterocycles. The number of carboxylic acids is 1. The number of aliphatic carboxylic acids is 1. The fraction of sp³-hybridized carbons (Fsp3) is 0.818. The minimum absolute atomic E-state index is 0.277. The van der Waals surface area contributed by atoms with Crippen molar-refractivity contribution in [2.45, 2.75) is 46.1 Å². The highest BCUT2D eigenvalue weighted by Crippen LogP contribution is 2.46. The number of hydrogen-bond acceptors (Lipinski definition) is 2. The number of carbonyl (C=O) groups is 2. The molecule has 1 aliphatic rings. The molecule has 1 rings (SSSR count). The smallest absolute Gasteiger partial charge is 0.326 e. The van der Waals surface area contributed by atoms with E-state index in [9.17, 15) is 9.59 Å². The lowest BCUT2D eigenvalue weighted by atomic mass is 9.63. The van der Waals surface area contributed by atoms with Crippen molar-refractivity contribution in [2.75, 3.05) is 0 Å². The highest BCUT2D eigenvalue weighted by atomic mass is 16.4. The summed E-state index contributed by atoms with van der Waals surface area (Å²) in [6.45, 7) is 5.70. The monoisotopic (exact) mass is 213 g/mol. The van der Waals surface area contributed by atoms with E-state index in [4.69, 9.17) is 5.11 Å². The average Bonchev–Trinajstić information content (AvgIpc) is 1.98. The van der Waals surface area contributed by atoms with Crippen molar-refractivity contribution >= 4 is 11.9 Å². The second-order valence-electron chi connectivity index (χ2n) is 5.27. The lowest BCUT2D eigenvalue weighted by Crippen LogP contribution is -2.44. The third-order valence-electron chi connectivity index (χ3n) is 2.93. The molecule has 0 unspecified atom stereocenters. The number of carbonyl (C=O) groups excluding carboxylic acids is 1. The van der Waals surface area contributed by atoms with Gasteiger partial charge in [-0.2, -0.15) is 0 Å². The molecule has 0 aliphatic heterocycles. The molecule has 2 N–H and O–H groups in total. The number of carboxylic acid groups (broad SMARTS) is 1. The Morgan fingerprint density at radius 3 is 2.33 bits per heavy atom. The molecule has 1 fully saturated rings. The van der Waals surface area contributed by atoms with Gasteiger partial charge in [-0.15, -0.1) is 0 Å². The molecule has 0 aromatic rings. The third-order valence-corrected chi connectivity index (χ3v) is 2.93. The van der Waals surface area contributed by atoms with E-state index in [1.807, 2.05) is 0 Å². The Kier molecular flexibility index (Phi) is 3.37. The van der Waals surface area contributed by atoms with E-state index in [0.717, 1.165) is 12.8 Å². The molecule has 1 aliphatic carbocycles. The summed E-state index contributed by atoms with van der Waals surface area (Å²) in [7, 11) is 0. The van der Waals surface area contributed by atoms with Crippen LogP contribution in [0.1, 0.15) is 40.0 Å². The molecule has 0 heterocycles. The molecule has 0 bridgehead atoms. The van der Waals surface area contributed by atoms with E-state index in [2.05, 4.69) is 19.2 Å². The van der Waals surface area contributed by atoms with Gasteiger partial charge in [-0.1, -0.05) is 13.8 Å². The molecule has 4 nitrogen and oxygen atoms in total. The minimum Gasteiger partial charge on any atom is -0.480 e. The van der Waals surface area contributed by atoms with E-state index < -0.39 is 12.0 Å². The summed E-state index contributed by atoms with van der Waals surface area (Å²) in [5.74, 6) is -0.774. The van der Waals surface area contributed by atoms with Crippen LogP contribution >= 0.6 is 0 Å². The minimum atomic E-state index is -0.935. The average molecular weight is 213 g/mol. The second kappa shape index (κ2) is 4.21. The summed E-state index contributed by atoms with van der Waals surface area (Å²) in [4.78, 5) is 21.7. The number of amides is 1. The summed E-state index contributed by atoms with van der Waals surface area (Å²) in [5.41, 5.74) is 0.351. The summed E-state index contributed by atoms with van der Waals surface area (Å²) in [6, 6.07) is -0.719. The van der Waals surface area contributed by atoms with Gasteiger partial charge in [-0.05, 0) is 30.6 Å². The first-order valence-corrected chi connectivity index (χ1v) is 5.30. The van der Waals surface area contributed by atoms with Crippen molar-refractivity contribution in [3.8, 4) is 0 Å². The molecule has 15 heavy (non-hydrogen) atoms. The van der Waals surface area contributed by atoms with Gasteiger partial charge in [-0.25, -0.2) is 4.79 Å². The van der Waals surface area contributed by atoms with Gasteiger partial charge >= 0.3 is 5.97 Å². The maximum atomic E-state index is 10.9. The zero-order chi connectivity index (χ0) is 11.6. The highest BCUT2D eigenvalue weighted by molar-refractivity contribution is 5.82. The van der Waals surface area contributed by atoms with E-state index >= 15 is 0 Å². The molecule has 1 amide bonds. The Bertz CT molecular complexity index is 265.